The number of ether oxygens (including phenoxy) is 2. The first-order valence-corrected chi connectivity index (χ1v) is 7.47. The van der Waals surface area contributed by atoms with Gasteiger partial charge in [-0.05, 0) is 24.7 Å². The molecule has 0 saturated heterocycles. The van der Waals surface area contributed by atoms with Crippen LogP contribution in [0.5, 0.6) is 5.75 Å². The van der Waals surface area contributed by atoms with E-state index in [1.807, 2.05) is 25.2 Å². The largest absolute Gasteiger partial charge is 0.492 e. The standard InChI is InChI=1S/C16H28N4O2.HI/c1-17-16(18-2)19-13-14-6-5-7-15(12-14)22-11-9-20(3)8-10-21-4;/h5-7,12H,8-11,13H2,1-4H3,(H2,17,18,19);1H. The van der Waals surface area contributed by atoms with Crippen LogP contribution in [-0.4, -0.2) is 65.4 Å². The number of benzene rings is 1. The van der Waals surface area contributed by atoms with E-state index in [1.165, 1.54) is 0 Å². The quantitative estimate of drug-likeness (QED) is 0.350. The highest BCUT2D eigenvalue weighted by atomic mass is 127. The van der Waals surface area contributed by atoms with Gasteiger partial charge in [-0.25, -0.2) is 0 Å². The first-order chi connectivity index (χ1) is 10.7. The van der Waals surface area contributed by atoms with Crippen molar-refractivity contribution < 1.29 is 9.47 Å². The summed E-state index contributed by atoms with van der Waals surface area (Å²) < 4.78 is 10.9. The zero-order valence-corrected chi connectivity index (χ0v) is 16.8. The lowest BCUT2D eigenvalue weighted by Gasteiger charge is -2.16. The summed E-state index contributed by atoms with van der Waals surface area (Å²) in [5.41, 5.74) is 1.15. The van der Waals surface area contributed by atoms with Crippen LogP contribution in [0.25, 0.3) is 0 Å². The van der Waals surface area contributed by atoms with Crippen molar-refractivity contribution in [1.29, 1.82) is 0 Å². The van der Waals surface area contributed by atoms with Crippen LogP contribution in [0.3, 0.4) is 0 Å². The maximum atomic E-state index is 5.80. The predicted octanol–water partition coefficient (Wildman–Crippen LogP) is 1.56. The number of methoxy groups -OCH3 is 1. The Hall–Kier alpha value is -1.06. The van der Waals surface area contributed by atoms with Gasteiger partial charge in [0.15, 0.2) is 5.96 Å². The summed E-state index contributed by atoms with van der Waals surface area (Å²) >= 11 is 0. The number of halogens is 1. The van der Waals surface area contributed by atoms with Crippen molar-refractivity contribution in [2.24, 2.45) is 4.99 Å². The molecular weight excluding hydrogens is 407 g/mol. The van der Waals surface area contributed by atoms with Crippen LogP contribution in [0, 0.1) is 0 Å². The topological polar surface area (TPSA) is 58.1 Å². The number of nitrogens with zero attached hydrogens (tertiary/aromatic N) is 2. The van der Waals surface area contributed by atoms with Gasteiger partial charge in [-0.2, -0.15) is 0 Å². The van der Waals surface area contributed by atoms with Gasteiger partial charge in [-0.3, -0.25) is 4.99 Å². The number of guanidine groups is 1. The molecule has 0 atom stereocenters. The highest BCUT2D eigenvalue weighted by Crippen LogP contribution is 2.13. The Morgan fingerprint density at radius 2 is 2.00 bits per heavy atom. The van der Waals surface area contributed by atoms with Gasteiger partial charge in [0, 0.05) is 40.8 Å². The monoisotopic (exact) mass is 436 g/mol. The third-order valence-electron chi connectivity index (χ3n) is 3.24. The lowest BCUT2D eigenvalue weighted by Crippen LogP contribution is -2.34. The van der Waals surface area contributed by atoms with Gasteiger partial charge in [0.25, 0.3) is 0 Å². The Balaban J connectivity index is 0.00000484. The Morgan fingerprint density at radius 3 is 2.65 bits per heavy atom. The molecule has 0 aromatic heterocycles. The molecule has 0 aliphatic rings. The van der Waals surface area contributed by atoms with Gasteiger partial charge >= 0.3 is 0 Å². The fraction of sp³-hybridized carbons (Fsp3) is 0.562. The smallest absolute Gasteiger partial charge is 0.190 e. The Bertz CT molecular complexity index is 457. The zero-order chi connectivity index (χ0) is 16.2. The van der Waals surface area contributed by atoms with Gasteiger partial charge in [0.2, 0.25) is 0 Å². The van der Waals surface area contributed by atoms with Crippen molar-refractivity contribution in [3.63, 3.8) is 0 Å². The van der Waals surface area contributed by atoms with Gasteiger partial charge in [0.1, 0.15) is 12.4 Å². The molecule has 0 saturated carbocycles. The molecule has 1 aromatic carbocycles. The van der Waals surface area contributed by atoms with Crippen LogP contribution in [0.2, 0.25) is 0 Å². The van der Waals surface area contributed by atoms with Crippen LogP contribution in [0.1, 0.15) is 5.56 Å². The fourth-order valence-corrected chi connectivity index (χ4v) is 1.89. The molecule has 0 bridgehead atoms. The molecule has 0 radical (unpaired) electrons. The minimum absolute atomic E-state index is 0. The van der Waals surface area contributed by atoms with E-state index in [0.29, 0.717) is 13.2 Å². The van der Waals surface area contributed by atoms with E-state index >= 15 is 0 Å². The SMILES string of the molecule is CN=C(NC)NCc1cccc(OCCN(C)CCOC)c1.I. The van der Waals surface area contributed by atoms with Crippen LogP contribution in [0.4, 0.5) is 0 Å². The Kier molecular flexibility index (Phi) is 12.8. The molecule has 23 heavy (non-hydrogen) atoms. The van der Waals surface area contributed by atoms with Crippen molar-refractivity contribution in [3.8, 4) is 5.75 Å². The molecular formula is C16H29IN4O2. The fourth-order valence-electron chi connectivity index (χ4n) is 1.89. The molecule has 0 fully saturated rings. The van der Waals surface area contributed by atoms with E-state index in [0.717, 1.165) is 37.0 Å². The summed E-state index contributed by atoms with van der Waals surface area (Å²) in [6.07, 6.45) is 0. The molecule has 6 nitrogen and oxygen atoms in total. The maximum absolute atomic E-state index is 5.80. The molecule has 1 aromatic rings. The summed E-state index contributed by atoms with van der Waals surface area (Å²) in [5, 5.41) is 6.21. The summed E-state index contributed by atoms with van der Waals surface area (Å²) in [6, 6.07) is 8.09. The van der Waals surface area contributed by atoms with Crippen LogP contribution < -0.4 is 15.4 Å². The van der Waals surface area contributed by atoms with E-state index in [-0.39, 0.29) is 24.0 Å². The lowest BCUT2D eigenvalue weighted by atomic mass is 10.2. The molecule has 132 valence electrons. The predicted molar refractivity (Wildman–Crippen MR) is 106 cm³/mol. The van der Waals surface area contributed by atoms with Crippen molar-refractivity contribution >= 4 is 29.9 Å². The average molecular weight is 436 g/mol. The molecule has 0 spiro atoms. The highest BCUT2D eigenvalue weighted by Gasteiger charge is 2.01. The number of nitrogens with one attached hydrogen (secondary N) is 2. The van der Waals surface area contributed by atoms with Crippen molar-refractivity contribution in [1.82, 2.24) is 15.5 Å². The summed E-state index contributed by atoms with van der Waals surface area (Å²) in [6.45, 7) is 3.89. The summed E-state index contributed by atoms with van der Waals surface area (Å²) in [4.78, 5) is 6.27. The molecule has 0 aliphatic heterocycles. The van der Waals surface area contributed by atoms with E-state index < -0.39 is 0 Å². The average Bonchev–Trinajstić information content (AvgIpc) is 2.54. The second-order valence-electron chi connectivity index (χ2n) is 4.97. The van der Waals surface area contributed by atoms with Crippen molar-refractivity contribution in [2.45, 2.75) is 6.54 Å². The Labute approximate surface area is 156 Å². The molecule has 0 unspecified atom stereocenters. The maximum Gasteiger partial charge on any atom is 0.190 e. The van der Waals surface area contributed by atoms with Crippen LogP contribution >= 0.6 is 24.0 Å². The minimum Gasteiger partial charge on any atom is -0.492 e. The number of likely N-dealkylation sites (N-methyl/N-ethyl adjacent to an activating group) is 1. The lowest BCUT2D eigenvalue weighted by molar-refractivity contribution is 0.150. The van der Waals surface area contributed by atoms with Gasteiger partial charge in [-0.15, -0.1) is 24.0 Å². The number of hydrogen-bond acceptors (Lipinski definition) is 4. The first kappa shape index (κ1) is 21.9. The number of aliphatic imine (C=N–C) groups is 1. The molecule has 0 amide bonds. The highest BCUT2D eigenvalue weighted by molar-refractivity contribution is 14.0. The van der Waals surface area contributed by atoms with Crippen molar-refractivity contribution in [3.05, 3.63) is 29.8 Å². The molecule has 7 heteroatoms. The molecule has 2 N–H and O–H groups in total. The third-order valence-corrected chi connectivity index (χ3v) is 3.24. The second kappa shape index (κ2) is 13.4. The Morgan fingerprint density at radius 1 is 1.26 bits per heavy atom. The molecule has 1 rings (SSSR count). The van der Waals surface area contributed by atoms with Gasteiger partial charge < -0.3 is 25.0 Å². The molecule has 0 aliphatic carbocycles. The van der Waals surface area contributed by atoms with Crippen LogP contribution in [0.15, 0.2) is 29.3 Å². The van der Waals surface area contributed by atoms with E-state index in [9.17, 15) is 0 Å². The first-order valence-electron chi connectivity index (χ1n) is 7.47. The van der Waals surface area contributed by atoms with E-state index in [4.69, 9.17) is 9.47 Å². The van der Waals surface area contributed by atoms with Gasteiger partial charge in [-0.1, -0.05) is 12.1 Å². The molecule has 0 heterocycles. The zero-order valence-electron chi connectivity index (χ0n) is 14.5. The van der Waals surface area contributed by atoms with E-state index in [1.54, 1.807) is 14.2 Å². The minimum atomic E-state index is 0. The normalized spacial score (nSPS) is 11.1. The second-order valence-corrected chi connectivity index (χ2v) is 4.97. The van der Waals surface area contributed by atoms with E-state index in [2.05, 4.69) is 33.6 Å². The summed E-state index contributed by atoms with van der Waals surface area (Å²) in [7, 11) is 7.37. The van der Waals surface area contributed by atoms with Crippen molar-refractivity contribution in [2.75, 3.05) is 54.6 Å². The van der Waals surface area contributed by atoms with Gasteiger partial charge in [0.05, 0.1) is 6.61 Å². The summed E-state index contributed by atoms with van der Waals surface area (Å²) in [5.74, 6) is 1.66. The third kappa shape index (κ3) is 9.62. The number of hydrogen-bond donors (Lipinski definition) is 2. The van der Waals surface area contributed by atoms with Crippen LogP contribution in [-0.2, 0) is 11.3 Å². The number of rotatable bonds is 9.